The maximum atomic E-state index is 13.4. The SMILES string of the molecule is O=C(O)[C@H]1CCCCN1C(=O)CCN1C(=O)CCc2cc(F)ccc21. The lowest BCUT2D eigenvalue weighted by Gasteiger charge is -2.34. The number of carbonyl (C=O) groups is 3. The molecule has 0 radical (unpaired) electrons. The maximum absolute atomic E-state index is 13.4. The first kappa shape index (κ1) is 17.4. The average Bonchev–Trinajstić information content (AvgIpc) is 2.60. The number of likely N-dealkylation sites (tertiary alicyclic amines) is 1. The number of amides is 2. The van der Waals surface area contributed by atoms with Crippen molar-refractivity contribution in [3.05, 3.63) is 29.6 Å². The van der Waals surface area contributed by atoms with Crippen LogP contribution in [0.1, 0.15) is 37.7 Å². The molecule has 1 aromatic rings. The molecule has 0 spiro atoms. The first-order chi connectivity index (χ1) is 12.0. The van der Waals surface area contributed by atoms with Gasteiger partial charge < -0.3 is 14.9 Å². The summed E-state index contributed by atoms with van der Waals surface area (Å²) in [4.78, 5) is 39.0. The Morgan fingerprint density at radius 2 is 2.04 bits per heavy atom. The quantitative estimate of drug-likeness (QED) is 0.902. The number of rotatable bonds is 4. The van der Waals surface area contributed by atoms with Crippen molar-refractivity contribution >= 4 is 23.5 Å². The second-order valence-electron chi connectivity index (χ2n) is 6.51. The number of benzene rings is 1. The molecule has 0 aromatic heterocycles. The third-order valence-electron chi connectivity index (χ3n) is 4.90. The number of aliphatic carboxylic acids is 1. The molecule has 1 fully saturated rings. The highest BCUT2D eigenvalue weighted by molar-refractivity contribution is 5.97. The van der Waals surface area contributed by atoms with Gasteiger partial charge in [0.15, 0.2) is 0 Å². The summed E-state index contributed by atoms with van der Waals surface area (Å²) in [6.07, 6.45) is 2.89. The second-order valence-corrected chi connectivity index (χ2v) is 6.51. The summed E-state index contributed by atoms with van der Waals surface area (Å²) < 4.78 is 13.4. The highest BCUT2D eigenvalue weighted by Gasteiger charge is 2.32. The van der Waals surface area contributed by atoms with E-state index >= 15 is 0 Å². The predicted octanol–water partition coefficient (Wildman–Crippen LogP) is 1.96. The summed E-state index contributed by atoms with van der Waals surface area (Å²) in [7, 11) is 0. The molecule has 2 aliphatic rings. The van der Waals surface area contributed by atoms with Crippen molar-refractivity contribution in [3.63, 3.8) is 0 Å². The Kier molecular flexibility index (Phi) is 5.01. The van der Waals surface area contributed by atoms with E-state index in [1.54, 1.807) is 6.07 Å². The number of piperidine rings is 1. The van der Waals surface area contributed by atoms with E-state index in [0.29, 0.717) is 25.1 Å². The Balaban J connectivity index is 1.69. The van der Waals surface area contributed by atoms with Gasteiger partial charge in [-0.2, -0.15) is 0 Å². The van der Waals surface area contributed by atoms with Crippen LogP contribution in [0.25, 0.3) is 0 Å². The molecule has 2 aliphatic heterocycles. The molecule has 0 unspecified atom stereocenters. The van der Waals surface area contributed by atoms with Crippen molar-refractivity contribution in [2.24, 2.45) is 0 Å². The summed E-state index contributed by atoms with van der Waals surface area (Å²) in [5, 5.41) is 9.28. The minimum Gasteiger partial charge on any atom is -0.480 e. The second kappa shape index (κ2) is 7.21. The number of carbonyl (C=O) groups excluding carboxylic acids is 2. The van der Waals surface area contributed by atoms with Gasteiger partial charge in [-0.15, -0.1) is 0 Å². The Bertz CT molecular complexity index is 706. The van der Waals surface area contributed by atoms with Gasteiger partial charge in [-0.1, -0.05) is 0 Å². The maximum Gasteiger partial charge on any atom is 0.326 e. The average molecular weight is 348 g/mol. The van der Waals surface area contributed by atoms with Crippen molar-refractivity contribution in [2.75, 3.05) is 18.0 Å². The Labute approximate surface area is 145 Å². The molecule has 1 aromatic carbocycles. The Morgan fingerprint density at radius 3 is 2.80 bits per heavy atom. The summed E-state index contributed by atoms with van der Waals surface area (Å²) in [5.41, 5.74) is 1.40. The van der Waals surface area contributed by atoms with Gasteiger partial charge >= 0.3 is 5.97 Å². The van der Waals surface area contributed by atoms with Crippen LogP contribution in [0.4, 0.5) is 10.1 Å². The first-order valence-corrected chi connectivity index (χ1v) is 8.58. The fourth-order valence-corrected chi connectivity index (χ4v) is 3.61. The number of hydrogen-bond donors (Lipinski definition) is 1. The van der Waals surface area contributed by atoms with E-state index in [2.05, 4.69) is 0 Å². The third-order valence-corrected chi connectivity index (χ3v) is 4.90. The van der Waals surface area contributed by atoms with Gasteiger partial charge in [0.25, 0.3) is 0 Å². The summed E-state index contributed by atoms with van der Waals surface area (Å²) >= 11 is 0. The van der Waals surface area contributed by atoms with E-state index in [4.69, 9.17) is 0 Å². The molecule has 7 heteroatoms. The normalized spacial score (nSPS) is 20.4. The number of nitrogens with zero attached hydrogens (tertiary/aromatic N) is 2. The zero-order valence-electron chi connectivity index (χ0n) is 13.9. The summed E-state index contributed by atoms with van der Waals surface area (Å²) in [6.45, 7) is 0.616. The van der Waals surface area contributed by atoms with Crippen LogP contribution in [0.5, 0.6) is 0 Å². The van der Waals surface area contributed by atoms with E-state index in [1.807, 2.05) is 0 Å². The lowest BCUT2D eigenvalue weighted by atomic mass is 10.00. The smallest absolute Gasteiger partial charge is 0.326 e. The highest BCUT2D eigenvalue weighted by atomic mass is 19.1. The summed E-state index contributed by atoms with van der Waals surface area (Å²) in [5.74, 6) is -1.68. The first-order valence-electron chi connectivity index (χ1n) is 8.58. The van der Waals surface area contributed by atoms with Crippen LogP contribution in [-0.4, -0.2) is 46.9 Å². The fourth-order valence-electron chi connectivity index (χ4n) is 3.61. The molecule has 1 atom stereocenters. The monoisotopic (exact) mass is 348 g/mol. The van der Waals surface area contributed by atoms with Crippen LogP contribution in [0.2, 0.25) is 0 Å². The molecule has 1 N–H and O–H groups in total. The Hall–Kier alpha value is -2.44. The molecule has 134 valence electrons. The fraction of sp³-hybridized carbons (Fsp3) is 0.500. The van der Waals surface area contributed by atoms with E-state index in [0.717, 1.165) is 18.4 Å². The Morgan fingerprint density at radius 1 is 1.24 bits per heavy atom. The molecule has 3 rings (SSSR count). The largest absolute Gasteiger partial charge is 0.480 e. The van der Waals surface area contributed by atoms with E-state index < -0.39 is 12.0 Å². The molecular weight excluding hydrogens is 327 g/mol. The zero-order valence-corrected chi connectivity index (χ0v) is 13.9. The number of aryl methyl sites for hydroxylation is 1. The van der Waals surface area contributed by atoms with Crippen molar-refractivity contribution in [1.82, 2.24) is 4.90 Å². The minimum atomic E-state index is -0.983. The van der Waals surface area contributed by atoms with Crippen molar-refractivity contribution in [2.45, 2.75) is 44.6 Å². The molecule has 0 aliphatic carbocycles. The molecule has 0 saturated carbocycles. The topological polar surface area (TPSA) is 77.9 Å². The van der Waals surface area contributed by atoms with Crippen LogP contribution >= 0.6 is 0 Å². The van der Waals surface area contributed by atoms with Gasteiger partial charge in [0.1, 0.15) is 11.9 Å². The molecule has 1 saturated heterocycles. The van der Waals surface area contributed by atoms with Gasteiger partial charge in [0.05, 0.1) is 0 Å². The van der Waals surface area contributed by atoms with E-state index in [9.17, 15) is 23.9 Å². The number of fused-ring (bicyclic) bond motifs is 1. The van der Waals surface area contributed by atoms with Gasteiger partial charge in [-0.25, -0.2) is 9.18 Å². The zero-order chi connectivity index (χ0) is 18.0. The predicted molar refractivity (Wildman–Crippen MR) is 88.7 cm³/mol. The number of carboxylic acids is 1. The molecule has 2 amide bonds. The van der Waals surface area contributed by atoms with Crippen molar-refractivity contribution < 1.29 is 23.9 Å². The lowest BCUT2D eigenvalue weighted by Crippen LogP contribution is -2.49. The molecule has 25 heavy (non-hydrogen) atoms. The van der Waals surface area contributed by atoms with Crippen LogP contribution in [-0.2, 0) is 20.8 Å². The lowest BCUT2D eigenvalue weighted by molar-refractivity contribution is -0.152. The van der Waals surface area contributed by atoms with Crippen molar-refractivity contribution in [1.29, 1.82) is 0 Å². The van der Waals surface area contributed by atoms with Gasteiger partial charge in [-0.3, -0.25) is 9.59 Å². The van der Waals surface area contributed by atoms with Crippen molar-refractivity contribution in [3.8, 4) is 0 Å². The van der Waals surface area contributed by atoms with Crippen LogP contribution in [0, 0.1) is 5.82 Å². The summed E-state index contributed by atoms with van der Waals surface area (Å²) in [6, 6.07) is 3.51. The van der Waals surface area contributed by atoms with E-state index in [-0.39, 0.29) is 37.0 Å². The molecule has 6 nitrogen and oxygen atoms in total. The highest BCUT2D eigenvalue weighted by Crippen LogP contribution is 2.29. The molecular formula is C18H21FN2O4. The number of carboxylic acid groups (broad SMARTS) is 1. The van der Waals surface area contributed by atoms with E-state index in [1.165, 1.54) is 21.9 Å². The third kappa shape index (κ3) is 3.65. The minimum absolute atomic E-state index is 0.0618. The number of anilines is 1. The van der Waals surface area contributed by atoms with Crippen LogP contribution in [0.3, 0.4) is 0 Å². The van der Waals surface area contributed by atoms with Gasteiger partial charge in [0.2, 0.25) is 11.8 Å². The molecule has 0 bridgehead atoms. The number of hydrogen-bond acceptors (Lipinski definition) is 3. The standard InChI is InChI=1S/C18H21FN2O4/c19-13-5-6-14-12(11-13)4-7-16(22)21(14)10-8-17(23)20-9-2-1-3-15(20)18(24)25/h5-6,11,15H,1-4,7-10H2,(H,24,25)/t15-/m1/s1. The van der Waals surface area contributed by atoms with Gasteiger partial charge in [0, 0.05) is 31.6 Å². The number of halogens is 1. The van der Waals surface area contributed by atoms with Crippen LogP contribution < -0.4 is 4.90 Å². The van der Waals surface area contributed by atoms with Gasteiger partial charge in [-0.05, 0) is 49.4 Å². The molecule has 2 heterocycles. The van der Waals surface area contributed by atoms with Crippen LogP contribution in [0.15, 0.2) is 18.2 Å².